The summed E-state index contributed by atoms with van der Waals surface area (Å²) in [5.74, 6) is 0.0191. The highest BCUT2D eigenvalue weighted by Crippen LogP contribution is 2.14. The average molecular weight is 217 g/mol. The predicted molar refractivity (Wildman–Crippen MR) is 62.2 cm³/mol. The lowest BCUT2D eigenvalue weighted by molar-refractivity contribution is 0.0824. The summed E-state index contributed by atoms with van der Waals surface area (Å²) in [6, 6.07) is 7.50. The average Bonchev–Trinajstić information content (AvgIpc) is 2.72. The summed E-state index contributed by atoms with van der Waals surface area (Å²) in [5, 5.41) is 7.89. The van der Waals surface area contributed by atoms with Gasteiger partial charge in [-0.1, -0.05) is 37.6 Å². The van der Waals surface area contributed by atoms with Crippen molar-refractivity contribution in [3.05, 3.63) is 24.3 Å². The molecule has 4 nitrogen and oxygen atoms in total. The lowest BCUT2D eigenvalue weighted by Crippen LogP contribution is -2.20. The van der Waals surface area contributed by atoms with E-state index < -0.39 is 0 Å². The molecule has 1 unspecified atom stereocenters. The molecule has 1 atom stereocenters. The van der Waals surface area contributed by atoms with Gasteiger partial charge >= 0.3 is 0 Å². The summed E-state index contributed by atoms with van der Waals surface area (Å²) >= 11 is 0. The van der Waals surface area contributed by atoms with Gasteiger partial charge in [-0.2, -0.15) is 4.68 Å². The van der Waals surface area contributed by atoms with E-state index in [4.69, 9.17) is 0 Å². The highest BCUT2D eigenvalue weighted by Gasteiger charge is 2.17. The van der Waals surface area contributed by atoms with Crippen molar-refractivity contribution in [3.63, 3.8) is 0 Å². The van der Waals surface area contributed by atoms with Gasteiger partial charge in [-0.15, -0.1) is 5.10 Å². The minimum atomic E-state index is -0.00453. The second-order valence-corrected chi connectivity index (χ2v) is 4.02. The highest BCUT2D eigenvalue weighted by molar-refractivity contribution is 5.89. The van der Waals surface area contributed by atoms with Gasteiger partial charge in [-0.05, 0) is 18.6 Å². The maximum absolute atomic E-state index is 12.1. The SMILES string of the molecule is CCCC(C)C(=O)n1nnc2ccccc21. The number of hydrogen-bond donors (Lipinski definition) is 0. The van der Waals surface area contributed by atoms with E-state index in [0.717, 1.165) is 23.9 Å². The Morgan fingerprint density at radius 1 is 1.44 bits per heavy atom. The molecule has 0 saturated carbocycles. The third-order valence-electron chi connectivity index (χ3n) is 2.70. The second kappa shape index (κ2) is 4.43. The molecule has 0 aliphatic heterocycles. The van der Waals surface area contributed by atoms with Gasteiger partial charge in [0.15, 0.2) is 0 Å². The third-order valence-corrected chi connectivity index (χ3v) is 2.70. The smallest absolute Gasteiger partial charge is 0.251 e. The molecule has 16 heavy (non-hydrogen) atoms. The van der Waals surface area contributed by atoms with Crippen LogP contribution in [0.4, 0.5) is 0 Å². The quantitative estimate of drug-likeness (QED) is 0.793. The monoisotopic (exact) mass is 217 g/mol. The Balaban J connectivity index is 2.36. The van der Waals surface area contributed by atoms with Gasteiger partial charge in [0.25, 0.3) is 5.91 Å². The van der Waals surface area contributed by atoms with Crippen molar-refractivity contribution in [2.45, 2.75) is 26.7 Å². The number of para-hydroxylation sites is 1. The standard InChI is InChI=1S/C12H15N3O/c1-3-6-9(2)12(16)15-11-8-5-4-7-10(11)13-14-15/h4-5,7-9H,3,6H2,1-2H3. The fraction of sp³-hybridized carbons (Fsp3) is 0.417. The predicted octanol–water partition coefficient (Wildman–Crippen LogP) is 2.51. The van der Waals surface area contributed by atoms with E-state index in [1.54, 1.807) is 0 Å². The van der Waals surface area contributed by atoms with Crippen molar-refractivity contribution in [3.8, 4) is 0 Å². The molecule has 2 aromatic rings. The first-order chi connectivity index (χ1) is 7.74. The van der Waals surface area contributed by atoms with Gasteiger partial charge in [0.05, 0.1) is 5.52 Å². The van der Waals surface area contributed by atoms with Crippen LogP contribution < -0.4 is 0 Å². The zero-order valence-electron chi connectivity index (χ0n) is 9.55. The fourth-order valence-electron chi connectivity index (χ4n) is 1.80. The number of aromatic nitrogens is 3. The van der Waals surface area contributed by atoms with Crippen LogP contribution in [0, 0.1) is 5.92 Å². The number of carbonyl (C=O) groups is 1. The molecule has 0 radical (unpaired) electrons. The van der Waals surface area contributed by atoms with Crippen LogP contribution >= 0.6 is 0 Å². The van der Waals surface area contributed by atoms with E-state index in [1.807, 2.05) is 31.2 Å². The first-order valence-electron chi connectivity index (χ1n) is 5.58. The summed E-state index contributed by atoms with van der Waals surface area (Å²) in [7, 11) is 0. The molecule has 0 N–H and O–H groups in total. The molecule has 0 amide bonds. The zero-order valence-corrected chi connectivity index (χ0v) is 9.55. The molecule has 0 fully saturated rings. The molecule has 1 heterocycles. The summed E-state index contributed by atoms with van der Waals surface area (Å²) in [6.07, 6.45) is 1.88. The molecular weight excluding hydrogens is 202 g/mol. The molecule has 0 aliphatic rings. The van der Waals surface area contributed by atoms with Crippen LogP contribution in [0.2, 0.25) is 0 Å². The van der Waals surface area contributed by atoms with Crippen molar-refractivity contribution in [1.82, 2.24) is 15.0 Å². The molecule has 0 saturated heterocycles. The minimum absolute atomic E-state index is 0.00453. The molecule has 0 spiro atoms. The van der Waals surface area contributed by atoms with Crippen molar-refractivity contribution >= 4 is 16.9 Å². The Morgan fingerprint density at radius 2 is 2.19 bits per heavy atom. The third kappa shape index (κ3) is 1.83. The maximum atomic E-state index is 12.1. The Bertz CT molecular complexity index is 504. The molecule has 4 heteroatoms. The Morgan fingerprint density at radius 3 is 2.94 bits per heavy atom. The lowest BCUT2D eigenvalue weighted by atomic mass is 10.1. The van der Waals surface area contributed by atoms with E-state index in [2.05, 4.69) is 17.2 Å². The van der Waals surface area contributed by atoms with Crippen molar-refractivity contribution in [2.24, 2.45) is 5.92 Å². The van der Waals surface area contributed by atoms with Crippen molar-refractivity contribution in [2.75, 3.05) is 0 Å². The molecule has 84 valence electrons. The molecule has 1 aromatic carbocycles. The topological polar surface area (TPSA) is 47.8 Å². The fourth-order valence-corrected chi connectivity index (χ4v) is 1.80. The van der Waals surface area contributed by atoms with Crippen LogP contribution in [-0.4, -0.2) is 20.9 Å². The summed E-state index contributed by atoms with van der Waals surface area (Å²) in [5.41, 5.74) is 1.55. The Kier molecular flexibility index (Phi) is 2.99. The molecule has 0 bridgehead atoms. The lowest BCUT2D eigenvalue weighted by Gasteiger charge is -2.08. The van der Waals surface area contributed by atoms with Crippen molar-refractivity contribution < 1.29 is 4.79 Å². The molecule has 1 aromatic heterocycles. The first kappa shape index (κ1) is 10.8. The van der Waals surface area contributed by atoms with Gasteiger partial charge in [0, 0.05) is 5.92 Å². The van der Waals surface area contributed by atoms with Crippen LogP contribution in [0.25, 0.3) is 11.0 Å². The molecular formula is C12H15N3O. The van der Waals surface area contributed by atoms with E-state index in [1.165, 1.54) is 4.68 Å². The second-order valence-electron chi connectivity index (χ2n) is 4.02. The largest absolute Gasteiger partial charge is 0.272 e. The van der Waals surface area contributed by atoms with E-state index in [-0.39, 0.29) is 11.8 Å². The number of nitrogens with zero attached hydrogens (tertiary/aromatic N) is 3. The summed E-state index contributed by atoms with van der Waals surface area (Å²) in [6.45, 7) is 4.01. The number of fused-ring (bicyclic) bond motifs is 1. The summed E-state index contributed by atoms with van der Waals surface area (Å²) in [4.78, 5) is 12.1. The number of hydrogen-bond acceptors (Lipinski definition) is 3. The zero-order chi connectivity index (χ0) is 11.5. The van der Waals surface area contributed by atoms with Gasteiger partial charge in [0.2, 0.25) is 0 Å². The first-order valence-corrected chi connectivity index (χ1v) is 5.58. The van der Waals surface area contributed by atoms with Crippen LogP contribution in [0.3, 0.4) is 0 Å². The summed E-state index contributed by atoms with van der Waals surface area (Å²) < 4.78 is 1.41. The van der Waals surface area contributed by atoms with Gasteiger partial charge in [-0.25, -0.2) is 0 Å². The maximum Gasteiger partial charge on any atom is 0.251 e. The van der Waals surface area contributed by atoms with Gasteiger partial charge < -0.3 is 0 Å². The van der Waals surface area contributed by atoms with Crippen LogP contribution in [0.1, 0.15) is 31.5 Å². The van der Waals surface area contributed by atoms with E-state index in [9.17, 15) is 4.79 Å². The number of rotatable bonds is 3. The van der Waals surface area contributed by atoms with Crippen molar-refractivity contribution in [1.29, 1.82) is 0 Å². The van der Waals surface area contributed by atoms with Crippen LogP contribution in [-0.2, 0) is 0 Å². The van der Waals surface area contributed by atoms with Gasteiger partial charge in [-0.3, -0.25) is 4.79 Å². The van der Waals surface area contributed by atoms with Crippen LogP contribution in [0.15, 0.2) is 24.3 Å². The number of carbonyl (C=O) groups excluding carboxylic acids is 1. The minimum Gasteiger partial charge on any atom is -0.272 e. The Hall–Kier alpha value is -1.71. The highest BCUT2D eigenvalue weighted by atomic mass is 16.2. The van der Waals surface area contributed by atoms with Crippen LogP contribution in [0.5, 0.6) is 0 Å². The van der Waals surface area contributed by atoms with E-state index >= 15 is 0 Å². The number of benzene rings is 1. The van der Waals surface area contributed by atoms with E-state index in [0.29, 0.717) is 0 Å². The Labute approximate surface area is 94.3 Å². The normalized spacial score (nSPS) is 12.9. The molecule has 0 aliphatic carbocycles. The molecule has 2 rings (SSSR count). The van der Waals surface area contributed by atoms with Gasteiger partial charge in [0.1, 0.15) is 5.52 Å².